The van der Waals surface area contributed by atoms with Crippen LogP contribution in [0.3, 0.4) is 0 Å². The molecular formula is C18H15ClFN3O2. The van der Waals surface area contributed by atoms with Crippen LogP contribution in [0.1, 0.15) is 12.5 Å². The molecule has 0 aromatic heterocycles. The Kier molecular flexibility index (Phi) is 4.22. The quantitative estimate of drug-likeness (QED) is 0.559. The Bertz CT molecular complexity index is 897. The lowest BCUT2D eigenvalue weighted by atomic mass is 9.88. The van der Waals surface area contributed by atoms with Crippen LogP contribution in [0.2, 0.25) is 0 Å². The van der Waals surface area contributed by atoms with Crippen molar-refractivity contribution >= 4 is 23.4 Å². The van der Waals surface area contributed by atoms with Gasteiger partial charge in [-0.3, -0.25) is 0 Å². The highest BCUT2D eigenvalue weighted by atomic mass is 35.5. The van der Waals surface area contributed by atoms with Crippen LogP contribution in [-0.2, 0) is 9.79 Å². The molecule has 1 aromatic rings. The van der Waals surface area contributed by atoms with Crippen LogP contribution in [0, 0.1) is 5.82 Å². The standard InChI is InChI=1S/C18H15ClFN3O2/c1-10-8-11(6-7-22-10)15-9-14(17(24)25)16(21)23-18(15,19)12-2-4-13(20)5-3-12/h2-9,22H,1H3,(H2,21,23)(H,24,25). The minimum Gasteiger partial charge on any atom is -0.478 e. The predicted octanol–water partition coefficient (Wildman–Crippen LogP) is 2.92. The summed E-state index contributed by atoms with van der Waals surface area (Å²) in [5, 5.41) is 12.4. The second-order valence-electron chi connectivity index (χ2n) is 5.66. The van der Waals surface area contributed by atoms with Gasteiger partial charge in [-0.05, 0) is 48.4 Å². The van der Waals surface area contributed by atoms with Crippen LogP contribution in [0.5, 0.6) is 0 Å². The SMILES string of the molecule is CC1=CC(=C2C=C(C(=O)O)C(N)=NC2(Cl)c2ccc(F)cc2)C=CN1. The van der Waals surface area contributed by atoms with Gasteiger partial charge >= 0.3 is 5.97 Å². The number of carbonyl (C=O) groups is 1. The summed E-state index contributed by atoms with van der Waals surface area (Å²) in [6, 6.07) is 5.54. The number of allylic oxidation sites excluding steroid dienone is 4. The zero-order valence-corrected chi connectivity index (χ0v) is 14.0. The van der Waals surface area contributed by atoms with Gasteiger partial charge in [0.2, 0.25) is 0 Å². The number of halogens is 2. The maximum Gasteiger partial charge on any atom is 0.339 e. The van der Waals surface area contributed by atoms with E-state index in [0.29, 0.717) is 16.7 Å². The third-order valence-electron chi connectivity index (χ3n) is 3.91. The maximum absolute atomic E-state index is 13.3. The molecule has 0 saturated heterocycles. The van der Waals surface area contributed by atoms with Crippen LogP contribution in [-0.4, -0.2) is 16.9 Å². The van der Waals surface area contributed by atoms with Crippen molar-refractivity contribution in [2.24, 2.45) is 10.7 Å². The summed E-state index contributed by atoms with van der Waals surface area (Å²) >= 11 is 6.80. The van der Waals surface area contributed by atoms with Gasteiger partial charge in [0, 0.05) is 17.5 Å². The number of amidine groups is 1. The molecule has 1 unspecified atom stereocenters. The molecular weight excluding hydrogens is 345 g/mol. The lowest BCUT2D eigenvalue weighted by Gasteiger charge is -2.31. The van der Waals surface area contributed by atoms with E-state index in [9.17, 15) is 14.3 Å². The molecule has 0 fully saturated rings. The molecule has 2 aliphatic heterocycles. The average Bonchev–Trinajstić information content (AvgIpc) is 2.55. The molecule has 1 aromatic carbocycles. The van der Waals surface area contributed by atoms with Crippen molar-refractivity contribution in [1.29, 1.82) is 0 Å². The molecule has 0 radical (unpaired) electrons. The van der Waals surface area contributed by atoms with E-state index in [1.54, 1.807) is 12.3 Å². The largest absolute Gasteiger partial charge is 0.478 e. The molecule has 2 heterocycles. The van der Waals surface area contributed by atoms with Crippen molar-refractivity contribution in [2.75, 3.05) is 0 Å². The molecule has 25 heavy (non-hydrogen) atoms. The van der Waals surface area contributed by atoms with Crippen molar-refractivity contribution in [1.82, 2.24) is 5.32 Å². The number of nitrogens with two attached hydrogens (primary N) is 1. The first-order valence-electron chi connectivity index (χ1n) is 7.43. The molecule has 128 valence electrons. The Morgan fingerprint density at radius 2 is 2.00 bits per heavy atom. The van der Waals surface area contributed by atoms with E-state index in [1.165, 1.54) is 30.3 Å². The van der Waals surface area contributed by atoms with Crippen molar-refractivity contribution < 1.29 is 14.3 Å². The van der Waals surface area contributed by atoms with Crippen molar-refractivity contribution in [3.8, 4) is 0 Å². The Hall–Kier alpha value is -2.86. The van der Waals surface area contributed by atoms with Gasteiger partial charge in [0.15, 0.2) is 5.00 Å². The normalized spacial score (nSPS) is 25.6. The summed E-state index contributed by atoms with van der Waals surface area (Å²) in [6.07, 6.45) is 6.71. The first kappa shape index (κ1) is 17.0. The van der Waals surface area contributed by atoms with Gasteiger partial charge in [0.1, 0.15) is 17.2 Å². The van der Waals surface area contributed by atoms with E-state index in [1.807, 2.05) is 13.0 Å². The number of hydrogen-bond donors (Lipinski definition) is 3. The molecule has 0 bridgehead atoms. The number of nitrogens with zero attached hydrogens (tertiary/aromatic N) is 1. The van der Waals surface area contributed by atoms with E-state index in [2.05, 4.69) is 10.3 Å². The third kappa shape index (κ3) is 3.08. The first-order valence-corrected chi connectivity index (χ1v) is 7.81. The summed E-state index contributed by atoms with van der Waals surface area (Å²) in [5.41, 5.74) is 8.15. The topological polar surface area (TPSA) is 87.7 Å². The number of carboxylic acid groups (broad SMARTS) is 1. The van der Waals surface area contributed by atoms with Crippen LogP contribution in [0.25, 0.3) is 0 Å². The minimum absolute atomic E-state index is 0.140. The lowest BCUT2D eigenvalue weighted by Crippen LogP contribution is -2.33. The molecule has 3 rings (SSSR count). The van der Waals surface area contributed by atoms with Crippen molar-refractivity contribution in [2.45, 2.75) is 11.9 Å². The smallest absolute Gasteiger partial charge is 0.339 e. The predicted molar refractivity (Wildman–Crippen MR) is 94.3 cm³/mol. The van der Waals surface area contributed by atoms with Gasteiger partial charge in [-0.15, -0.1) is 0 Å². The van der Waals surface area contributed by atoms with Crippen molar-refractivity contribution in [3.63, 3.8) is 0 Å². The van der Waals surface area contributed by atoms with E-state index in [4.69, 9.17) is 17.3 Å². The van der Waals surface area contributed by atoms with Gasteiger partial charge in [0.25, 0.3) is 0 Å². The Morgan fingerprint density at radius 3 is 2.60 bits per heavy atom. The Labute approximate surface area is 148 Å². The number of benzene rings is 1. The number of rotatable bonds is 2. The zero-order chi connectivity index (χ0) is 18.2. The highest BCUT2D eigenvalue weighted by Gasteiger charge is 2.39. The molecule has 5 nitrogen and oxygen atoms in total. The van der Waals surface area contributed by atoms with Gasteiger partial charge in [0.05, 0.1) is 0 Å². The van der Waals surface area contributed by atoms with Gasteiger partial charge < -0.3 is 16.2 Å². The Morgan fingerprint density at radius 1 is 1.32 bits per heavy atom. The second kappa shape index (κ2) is 6.22. The lowest BCUT2D eigenvalue weighted by molar-refractivity contribution is -0.132. The molecule has 1 atom stereocenters. The number of carboxylic acids is 1. The second-order valence-corrected chi connectivity index (χ2v) is 6.21. The number of hydrogen-bond acceptors (Lipinski definition) is 4. The number of aliphatic imine (C=N–C) groups is 1. The van der Waals surface area contributed by atoms with E-state index in [-0.39, 0.29) is 11.4 Å². The summed E-state index contributed by atoms with van der Waals surface area (Å²) in [7, 11) is 0. The maximum atomic E-state index is 13.3. The minimum atomic E-state index is -1.45. The summed E-state index contributed by atoms with van der Waals surface area (Å²) < 4.78 is 13.3. The zero-order valence-electron chi connectivity index (χ0n) is 13.3. The molecule has 7 heteroatoms. The molecule has 0 amide bonds. The van der Waals surface area contributed by atoms with Crippen LogP contribution >= 0.6 is 11.6 Å². The fraction of sp³-hybridized carbons (Fsp3) is 0.111. The molecule has 2 aliphatic rings. The Balaban J connectivity index is 2.27. The van der Waals surface area contributed by atoms with E-state index >= 15 is 0 Å². The molecule has 4 N–H and O–H groups in total. The molecule has 0 spiro atoms. The summed E-state index contributed by atoms with van der Waals surface area (Å²) in [4.78, 5) is 14.3. The third-order valence-corrected chi connectivity index (χ3v) is 4.42. The van der Waals surface area contributed by atoms with E-state index in [0.717, 1.165) is 5.70 Å². The highest BCUT2D eigenvalue weighted by Crippen LogP contribution is 2.44. The average molecular weight is 360 g/mol. The molecule has 0 aliphatic carbocycles. The van der Waals surface area contributed by atoms with Crippen LogP contribution in [0.4, 0.5) is 4.39 Å². The number of aliphatic carboxylic acids is 1. The van der Waals surface area contributed by atoms with Gasteiger partial charge in [-0.25, -0.2) is 14.2 Å². The monoisotopic (exact) mass is 359 g/mol. The first-order chi connectivity index (χ1) is 11.8. The van der Waals surface area contributed by atoms with E-state index < -0.39 is 16.8 Å². The van der Waals surface area contributed by atoms with Gasteiger partial charge in [-0.1, -0.05) is 23.7 Å². The van der Waals surface area contributed by atoms with Gasteiger partial charge in [-0.2, -0.15) is 0 Å². The number of alkyl halides is 1. The van der Waals surface area contributed by atoms with Crippen LogP contribution in [0.15, 0.2) is 76.1 Å². The highest BCUT2D eigenvalue weighted by molar-refractivity contribution is 6.29. The number of nitrogens with one attached hydrogen (secondary N) is 1. The van der Waals surface area contributed by atoms with Crippen LogP contribution < -0.4 is 11.1 Å². The summed E-state index contributed by atoms with van der Waals surface area (Å²) in [6.45, 7) is 1.86. The van der Waals surface area contributed by atoms with Crippen molar-refractivity contribution in [3.05, 3.63) is 82.5 Å². The fourth-order valence-electron chi connectivity index (χ4n) is 2.69. The fourth-order valence-corrected chi connectivity index (χ4v) is 3.07. The number of dihydropyridines is 2. The molecule has 0 saturated carbocycles. The summed E-state index contributed by atoms with van der Waals surface area (Å²) in [5.74, 6) is -1.80.